The number of aliphatic hydroxyl groups excluding tert-OH is 1. The molecule has 3 heteroatoms. The molecule has 3 nitrogen and oxygen atoms in total. The van der Waals surface area contributed by atoms with E-state index in [-0.39, 0.29) is 6.61 Å². The molecule has 118 valence electrons. The summed E-state index contributed by atoms with van der Waals surface area (Å²) >= 11 is 0. The van der Waals surface area contributed by atoms with E-state index >= 15 is 0 Å². The summed E-state index contributed by atoms with van der Waals surface area (Å²) < 4.78 is 0. The Balaban J connectivity index is 1.51. The third kappa shape index (κ3) is 2.42. The highest BCUT2D eigenvalue weighted by molar-refractivity contribution is 5.80. The number of likely N-dealkylation sites (tertiary alicyclic amines) is 1. The van der Waals surface area contributed by atoms with E-state index in [0.29, 0.717) is 29.7 Å². The van der Waals surface area contributed by atoms with Crippen molar-refractivity contribution in [2.75, 3.05) is 13.2 Å². The first-order chi connectivity index (χ1) is 10.3. The van der Waals surface area contributed by atoms with Crippen LogP contribution in [0.15, 0.2) is 0 Å². The molecule has 1 atom stereocenters. The van der Waals surface area contributed by atoms with Crippen LogP contribution in [0.2, 0.25) is 0 Å². The molecule has 5 rings (SSSR count). The van der Waals surface area contributed by atoms with Crippen LogP contribution < -0.4 is 0 Å². The summed E-state index contributed by atoms with van der Waals surface area (Å²) in [5.74, 6) is 4.03. The van der Waals surface area contributed by atoms with Gasteiger partial charge < -0.3 is 10.0 Å². The van der Waals surface area contributed by atoms with E-state index < -0.39 is 0 Å². The Bertz CT molecular complexity index is 378. The molecule has 0 aromatic heterocycles. The van der Waals surface area contributed by atoms with E-state index in [9.17, 15) is 9.90 Å². The van der Waals surface area contributed by atoms with Crippen LogP contribution in [0.1, 0.15) is 57.8 Å². The summed E-state index contributed by atoms with van der Waals surface area (Å²) in [5.41, 5.74) is 0. The molecule has 0 aromatic carbocycles. The number of amides is 1. The van der Waals surface area contributed by atoms with Gasteiger partial charge in [-0.15, -0.1) is 0 Å². The molecular formula is C18H29NO2. The second-order valence-corrected chi connectivity index (χ2v) is 8.15. The Labute approximate surface area is 128 Å². The lowest BCUT2D eigenvalue weighted by molar-refractivity contribution is -0.153. The van der Waals surface area contributed by atoms with Crippen LogP contribution in [-0.2, 0) is 4.79 Å². The molecule has 0 radical (unpaired) electrons. The summed E-state index contributed by atoms with van der Waals surface area (Å²) in [6.07, 6.45) is 11.0. The quantitative estimate of drug-likeness (QED) is 0.868. The van der Waals surface area contributed by atoms with Crippen LogP contribution in [0, 0.1) is 29.6 Å². The Kier molecular flexibility index (Phi) is 3.72. The fraction of sp³-hybridized carbons (Fsp3) is 0.944. The number of rotatable bonds is 3. The largest absolute Gasteiger partial charge is 0.396 e. The zero-order valence-corrected chi connectivity index (χ0v) is 13.0. The van der Waals surface area contributed by atoms with Gasteiger partial charge in [0.25, 0.3) is 0 Å². The van der Waals surface area contributed by atoms with Crippen LogP contribution in [-0.4, -0.2) is 35.1 Å². The number of carbonyl (C=O) groups excluding carboxylic acids is 1. The highest BCUT2D eigenvalue weighted by Gasteiger charge is 2.52. The van der Waals surface area contributed by atoms with E-state index in [1.54, 1.807) is 0 Å². The molecule has 1 amide bonds. The molecule has 1 unspecified atom stereocenters. The second kappa shape index (κ2) is 5.57. The lowest BCUT2D eigenvalue weighted by Gasteiger charge is -2.55. The van der Waals surface area contributed by atoms with Crippen LogP contribution in [0.5, 0.6) is 0 Å². The van der Waals surface area contributed by atoms with Gasteiger partial charge in [0, 0.05) is 25.1 Å². The third-order valence-electron chi connectivity index (χ3n) is 6.88. The first-order valence-electron chi connectivity index (χ1n) is 9.17. The van der Waals surface area contributed by atoms with Crippen molar-refractivity contribution in [3.05, 3.63) is 0 Å². The molecule has 1 heterocycles. The Morgan fingerprint density at radius 1 is 1.00 bits per heavy atom. The predicted octanol–water partition coefficient (Wildman–Crippen LogP) is 2.82. The van der Waals surface area contributed by atoms with Gasteiger partial charge in [-0.2, -0.15) is 0 Å². The zero-order valence-electron chi connectivity index (χ0n) is 13.0. The maximum Gasteiger partial charge on any atom is 0.226 e. The fourth-order valence-electron chi connectivity index (χ4n) is 6.26. The Hall–Kier alpha value is -0.570. The topological polar surface area (TPSA) is 40.5 Å². The monoisotopic (exact) mass is 291 g/mol. The van der Waals surface area contributed by atoms with Crippen molar-refractivity contribution in [2.45, 2.75) is 63.8 Å². The predicted molar refractivity (Wildman–Crippen MR) is 81.6 cm³/mol. The molecule has 4 aliphatic carbocycles. The van der Waals surface area contributed by atoms with Crippen molar-refractivity contribution in [3.8, 4) is 0 Å². The normalized spacial score (nSPS) is 45.1. The standard InChI is InChI=1S/C18H29NO2/c20-6-4-16-3-1-2-5-19(16)18(21)17-14-8-12-7-13(10-14)11-15(17)9-12/h12-17,20H,1-11H2. The molecule has 4 bridgehead atoms. The zero-order chi connectivity index (χ0) is 14.4. The maximum absolute atomic E-state index is 13.2. The van der Waals surface area contributed by atoms with Gasteiger partial charge in [0.05, 0.1) is 0 Å². The number of carbonyl (C=O) groups is 1. The van der Waals surface area contributed by atoms with Crippen molar-refractivity contribution in [1.29, 1.82) is 0 Å². The lowest BCUT2D eigenvalue weighted by atomic mass is 9.51. The minimum Gasteiger partial charge on any atom is -0.396 e. The minimum absolute atomic E-state index is 0.218. The summed E-state index contributed by atoms with van der Waals surface area (Å²) in [5, 5.41) is 9.29. The highest BCUT2D eigenvalue weighted by Crippen LogP contribution is 2.57. The van der Waals surface area contributed by atoms with Gasteiger partial charge in [0.2, 0.25) is 5.91 Å². The second-order valence-electron chi connectivity index (χ2n) is 8.15. The van der Waals surface area contributed by atoms with Gasteiger partial charge in [-0.05, 0) is 81.5 Å². The summed E-state index contributed by atoms with van der Waals surface area (Å²) in [7, 11) is 0. The van der Waals surface area contributed by atoms with E-state index in [4.69, 9.17) is 0 Å². The minimum atomic E-state index is 0.218. The fourth-order valence-corrected chi connectivity index (χ4v) is 6.26. The van der Waals surface area contributed by atoms with Gasteiger partial charge in [0.1, 0.15) is 0 Å². The molecule has 1 N–H and O–H groups in total. The van der Waals surface area contributed by atoms with E-state index in [2.05, 4.69) is 4.90 Å². The average molecular weight is 291 g/mol. The van der Waals surface area contributed by atoms with Crippen molar-refractivity contribution in [1.82, 2.24) is 4.90 Å². The van der Waals surface area contributed by atoms with E-state index in [0.717, 1.165) is 37.6 Å². The molecule has 1 saturated heterocycles. The maximum atomic E-state index is 13.2. The van der Waals surface area contributed by atoms with Crippen LogP contribution in [0.25, 0.3) is 0 Å². The van der Waals surface area contributed by atoms with Gasteiger partial charge >= 0.3 is 0 Å². The van der Waals surface area contributed by atoms with Crippen LogP contribution in [0.3, 0.4) is 0 Å². The molecule has 5 aliphatic rings. The number of hydrogen-bond donors (Lipinski definition) is 1. The van der Waals surface area contributed by atoms with Crippen molar-refractivity contribution < 1.29 is 9.90 Å². The third-order valence-corrected chi connectivity index (χ3v) is 6.88. The van der Waals surface area contributed by atoms with Gasteiger partial charge in [-0.25, -0.2) is 0 Å². The first-order valence-corrected chi connectivity index (χ1v) is 9.17. The SMILES string of the molecule is O=C(C1C2CC3CC(C2)CC1C3)N1CCCCC1CCO. The molecule has 0 spiro atoms. The molecule has 0 aromatic rings. The highest BCUT2D eigenvalue weighted by atomic mass is 16.3. The smallest absolute Gasteiger partial charge is 0.226 e. The van der Waals surface area contributed by atoms with Gasteiger partial charge in [-0.3, -0.25) is 4.79 Å². The number of aliphatic hydroxyl groups is 1. The Morgan fingerprint density at radius 3 is 2.29 bits per heavy atom. The molecule has 5 fully saturated rings. The van der Waals surface area contributed by atoms with Gasteiger partial charge in [0.15, 0.2) is 0 Å². The average Bonchev–Trinajstić information content (AvgIpc) is 2.47. The summed E-state index contributed by atoms with van der Waals surface area (Å²) in [4.78, 5) is 15.4. The van der Waals surface area contributed by atoms with Gasteiger partial charge in [-0.1, -0.05) is 0 Å². The lowest BCUT2D eigenvalue weighted by Crippen LogP contribution is -2.55. The van der Waals surface area contributed by atoms with E-state index in [1.807, 2.05) is 0 Å². The molecular weight excluding hydrogens is 262 g/mol. The van der Waals surface area contributed by atoms with Crippen molar-refractivity contribution >= 4 is 5.91 Å². The summed E-state index contributed by atoms with van der Waals surface area (Å²) in [6, 6.07) is 0.313. The van der Waals surface area contributed by atoms with E-state index in [1.165, 1.54) is 38.5 Å². The van der Waals surface area contributed by atoms with Crippen molar-refractivity contribution in [2.24, 2.45) is 29.6 Å². The summed E-state index contributed by atoms with van der Waals surface area (Å²) in [6.45, 7) is 1.16. The molecule has 1 aliphatic heterocycles. The Morgan fingerprint density at radius 2 is 1.67 bits per heavy atom. The van der Waals surface area contributed by atoms with Crippen LogP contribution >= 0.6 is 0 Å². The molecule has 4 saturated carbocycles. The number of hydrogen-bond acceptors (Lipinski definition) is 2. The number of piperidine rings is 1. The molecule has 21 heavy (non-hydrogen) atoms. The number of nitrogens with zero attached hydrogens (tertiary/aromatic N) is 1. The van der Waals surface area contributed by atoms with Crippen molar-refractivity contribution in [3.63, 3.8) is 0 Å². The van der Waals surface area contributed by atoms with Crippen LogP contribution in [0.4, 0.5) is 0 Å². The first kappa shape index (κ1) is 14.0.